The van der Waals surface area contributed by atoms with Crippen LogP contribution in [0, 0.1) is 5.41 Å². The number of rotatable bonds is 6. The lowest BCUT2D eigenvalue weighted by atomic mass is 9.87. The molecule has 2 N–H and O–H groups in total. The van der Waals surface area contributed by atoms with Crippen LogP contribution in [0.15, 0.2) is 0 Å². The van der Waals surface area contributed by atoms with Crippen molar-refractivity contribution in [2.24, 2.45) is 5.41 Å². The second-order valence-electron chi connectivity index (χ2n) is 6.19. The highest BCUT2D eigenvalue weighted by Gasteiger charge is 2.28. The zero-order valence-electron chi connectivity index (χ0n) is 12.6. The van der Waals surface area contributed by atoms with E-state index < -0.39 is 0 Å². The van der Waals surface area contributed by atoms with E-state index in [2.05, 4.69) is 17.1 Å². The molecule has 1 aliphatic heterocycles. The van der Waals surface area contributed by atoms with Crippen molar-refractivity contribution in [1.82, 2.24) is 10.2 Å². The molecule has 112 valence electrons. The summed E-state index contributed by atoms with van der Waals surface area (Å²) in [7, 11) is 0. The summed E-state index contributed by atoms with van der Waals surface area (Å²) < 4.78 is 5.52. The van der Waals surface area contributed by atoms with E-state index in [9.17, 15) is 9.90 Å². The summed E-state index contributed by atoms with van der Waals surface area (Å²) in [6, 6.07) is 0. The highest BCUT2D eigenvalue weighted by molar-refractivity contribution is 5.81. The first kappa shape index (κ1) is 16.4. The fourth-order valence-corrected chi connectivity index (χ4v) is 2.46. The number of amides is 1. The van der Waals surface area contributed by atoms with Gasteiger partial charge in [0.25, 0.3) is 0 Å². The quantitative estimate of drug-likeness (QED) is 0.744. The van der Waals surface area contributed by atoms with Crippen LogP contribution in [0.1, 0.15) is 34.1 Å². The van der Waals surface area contributed by atoms with Crippen molar-refractivity contribution in [2.75, 3.05) is 32.8 Å². The number of hydrogen-bond donors (Lipinski definition) is 2. The molecule has 0 spiro atoms. The topological polar surface area (TPSA) is 61.8 Å². The van der Waals surface area contributed by atoms with Crippen molar-refractivity contribution >= 4 is 5.91 Å². The molecule has 0 bridgehead atoms. The molecule has 5 nitrogen and oxygen atoms in total. The summed E-state index contributed by atoms with van der Waals surface area (Å²) >= 11 is 0. The fourth-order valence-electron chi connectivity index (χ4n) is 2.46. The van der Waals surface area contributed by atoms with Crippen molar-refractivity contribution in [3.8, 4) is 0 Å². The molecule has 1 fully saturated rings. The zero-order chi connectivity index (χ0) is 14.5. The molecule has 19 heavy (non-hydrogen) atoms. The third-order valence-electron chi connectivity index (χ3n) is 3.48. The van der Waals surface area contributed by atoms with E-state index in [1.807, 2.05) is 13.8 Å². The average Bonchev–Trinajstić information content (AvgIpc) is 2.34. The molecular formula is C14H28N2O3. The lowest BCUT2D eigenvalue weighted by Gasteiger charge is -2.32. The Morgan fingerprint density at radius 2 is 2.26 bits per heavy atom. The van der Waals surface area contributed by atoms with E-state index in [4.69, 9.17) is 4.74 Å². The second-order valence-corrected chi connectivity index (χ2v) is 6.19. The Bertz CT molecular complexity index is 292. The first-order chi connectivity index (χ1) is 8.84. The first-order valence-electron chi connectivity index (χ1n) is 7.14. The number of hydrogen-bond acceptors (Lipinski definition) is 4. The van der Waals surface area contributed by atoms with Crippen molar-refractivity contribution in [2.45, 2.75) is 46.3 Å². The molecule has 0 aliphatic carbocycles. The summed E-state index contributed by atoms with van der Waals surface area (Å²) in [5.74, 6) is -0.0446. The van der Waals surface area contributed by atoms with Gasteiger partial charge in [0.1, 0.15) is 6.10 Å². The van der Waals surface area contributed by atoms with Crippen LogP contribution in [0.5, 0.6) is 0 Å². The predicted octanol–water partition coefficient (Wildman–Crippen LogP) is 0.620. The van der Waals surface area contributed by atoms with Crippen LogP contribution < -0.4 is 5.32 Å². The SMILES string of the molecule is CCN1CCOC(C(=O)NCC(C)(C)CC(C)O)C1. The standard InChI is InChI=1S/C14H28N2O3/c1-5-16-6-7-19-12(9-16)13(18)15-10-14(3,4)8-11(2)17/h11-12,17H,5-10H2,1-4H3,(H,15,18). The molecule has 1 aliphatic rings. The number of nitrogens with zero attached hydrogens (tertiary/aromatic N) is 1. The number of carbonyl (C=O) groups is 1. The van der Waals surface area contributed by atoms with Crippen molar-refractivity contribution in [1.29, 1.82) is 0 Å². The zero-order valence-corrected chi connectivity index (χ0v) is 12.6. The Morgan fingerprint density at radius 1 is 1.58 bits per heavy atom. The molecular weight excluding hydrogens is 244 g/mol. The lowest BCUT2D eigenvalue weighted by molar-refractivity contribution is -0.138. The molecule has 2 unspecified atom stereocenters. The fraction of sp³-hybridized carbons (Fsp3) is 0.929. The minimum atomic E-state index is -0.365. The minimum absolute atomic E-state index is 0.0446. The van der Waals surface area contributed by atoms with Crippen LogP contribution in [-0.4, -0.2) is 60.9 Å². The molecule has 0 saturated carbocycles. The number of nitrogens with one attached hydrogen (secondary N) is 1. The lowest BCUT2D eigenvalue weighted by Crippen LogP contribution is -2.51. The molecule has 2 atom stereocenters. The van der Waals surface area contributed by atoms with Crippen molar-refractivity contribution in [3.05, 3.63) is 0 Å². The van der Waals surface area contributed by atoms with Crippen molar-refractivity contribution < 1.29 is 14.6 Å². The number of ether oxygens (including phenoxy) is 1. The Kier molecular flexibility index (Phi) is 6.23. The molecule has 0 aromatic carbocycles. The van der Waals surface area contributed by atoms with E-state index >= 15 is 0 Å². The first-order valence-corrected chi connectivity index (χ1v) is 7.14. The highest BCUT2D eigenvalue weighted by atomic mass is 16.5. The van der Waals surface area contributed by atoms with Gasteiger partial charge >= 0.3 is 0 Å². The number of likely N-dealkylation sites (N-methyl/N-ethyl adjacent to an activating group) is 1. The van der Waals surface area contributed by atoms with E-state index in [-0.39, 0.29) is 23.5 Å². The molecule has 1 heterocycles. The van der Waals surface area contributed by atoms with Crippen LogP contribution >= 0.6 is 0 Å². The van der Waals surface area contributed by atoms with E-state index in [1.54, 1.807) is 6.92 Å². The minimum Gasteiger partial charge on any atom is -0.393 e. The Hall–Kier alpha value is -0.650. The molecule has 1 rings (SSSR count). The summed E-state index contributed by atoms with van der Waals surface area (Å²) in [5, 5.41) is 12.4. The number of aliphatic hydroxyl groups excluding tert-OH is 1. The number of aliphatic hydroxyl groups is 1. The van der Waals surface area contributed by atoms with Gasteiger partial charge < -0.3 is 15.2 Å². The monoisotopic (exact) mass is 272 g/mol. The third-order valence-corrected chi connectivity index (χ3v) is 3.48. The normalized spacial score (nSPS) is 23.1. The van der Waals surface area contributed by atoms with Gasteiger partial charge in [-0.2, -0.15) is 0 Å². The number of morpholine rings is 1. The maximum absolute atomic E-state index is 12.1. The molecule has 1 amide bonds. The molecule has 5 heteroatoms. The van der Waals surface area contributed by atoms with Crippen LogP contribution in [0.3, 0.4) is 0 Å². The van der Waals surface area contributed by atoms with Crippen molar-refractivity contribution in [3.63, 3.8) is 0 Å². The van der Waals surface area contributed by atoms with Crippen LogP contribution in [0.4, 0.5) is 0 Å². The predicted molar refractivity (Wildman–Crippen MR) is 74.9 cm³/mol. The van der Waals surface area contributed by atoms with E-state index in [0.29, 0.717) is 26.1 Å². The summed E-state index contributed by atoms with van der Waals surface area (Å²) in [6.45, 7) is 11.6. The smallest absolute Gasteiger partial charge is 0.250 e. The summed E-state index contributed by atoms with van der Waals surface area (Å²) in [4.78, 5) is 14.3. The average molecular weight is 272 g/mol. The van der Waals surface area contributed by atoms with Gasteiger partial charge in [0.05, 0.1) is 12.7 Å². The van der Waals surface area contributed by atoms with Gasteiger partial charge in [0.15, 0.2) is 0 Å². The van der Waals surface area contributed by atoms with Gasteiger partial charge in [0.2, 0.25) is 5.91 Å². The van der Waals surface area contributed by atoms with E-state index in [0.717, 1.165) is 13.1 Å². The maximum atomic E-state index is 12.1. The number of carbonyl (C=O) groups excluding carboxylic acids is 1. The summed E-state index contributed by atoms with van der Waals surface area (Å²) in [5.41, 5.74) is -0.108. The van der Waals surface area contributed by atoms with Gasteiger partial charge in [-0.3, -0.25) is 9.69 Å². The molecule has 1 saturated heterocycles. The Morgan fingerprint density at radius 3 is 2.84 bits per heavy atom. The van der Waals surface area contributed by atoms with Crippen LogP contribution in [-0.2, 0) is 9.53 Å². The van der Waals surface area contributed by atoms with Gasteiger partial charge in [-0.05, 0) is 25.3 Å². The molecule has 0 aromatic rings. The van der Waals surface area contributed by atoms with Gasteiger partial charge in [-0.25, -0.2) is 0 Å². The van der Waals surface area contributed by atoms with Gasteiger partial charge in [-0.1, -0.05) is 20.8 Å². The largest absolute Gasteiger partial charge is 0.393 e. The van der Waals surface area contributed by atoms with Crippen LogP contribution in [0.2, 0.25) is 0 Å². The highest BCUT2D eigenvalue weighted by Crippen LogP contribution is 2.21. The molecule has 0 radical (unpaired) electrons. The van der Waals surface area contributed by atoms with E-state index in [1.165, 1.54) is 0 Å². The van der Waals surface area contributed by atoms with Gasteiger partial charge in [0, 0.05) is 19.6 Å². The summed E-state index contributed by atoms with van der Waals surface area (Å²) in [6.07, 6.45) is -0.0515. The molecule has 0 aromatic heterocycles. The van der Waals surface area contributed by atoms with Crippen LogP contribution in [0.25, 0.3) is 0 Å². The van der Waals surface area contributed by atoms with Gasteiger partial charge in [-0.15, -0.1) is 0 Å². The maximum Gasteiger partial charge on any atom is 0.250 e. The second kappa shape index (κ2) is 7.22. The Labute approximate surface area is 116 Å². The Balaban J connectivity index is 2.38. The third kappa shape index (κ3) is 5.89.